The number of hydrogen-bond donors (Lipinski definition) is 2. The highest BCUT2D eigenvalue weighted by Gasteiger charge is 2.21. The number of alkyl carbamates (subject to hydrolysis) is 1. The molecule has 0 bridgehead atoms. The lowest BCUT2D eigenvalue weighted by molar-refractivity contribution is 0.0621. The Morgan fingerprint density at radius 1 is 1.56 bits per heavy atom. The van der Waals surface area contributed by atoms with Crippen molar-refractivity contribution in [3.05, 3.63) is 0 Å². The summed E-state index contributed by atoms with van der Waals surface area (Å²) in [5.74, 6) is 0.325. The molecule has 94 valence electrons. The third-order valence-corrected chi connectivity index (χ3v) is 3.18. The first kappa shape index (κ1) is 13.3. The van der Waals surface area contributed by atoms with Gasteiger partial charge in [0.25, 0.3) is 0 Å². The zero-order valence-electron chi connectivity index (χ0n) is 10.2. The lowest BCUT2D eigenvalue weighted by atomic mass is 9.88. The highest BCUT2D eigenvalue weighted by molar-refractivity contribution is 5.67. The van der Waals surface area contributed by atoms with E-state index in [9.17, 15) is 9.90 Å². The van der Waals surface area contributed by atoms with Gasteiger partial charge >= 0.3 is 6.09 Å². The van der Waals surface area contributed by atoms with Crippen LogP contribution in [0.5, 0.6) is 0 Å². The summed E-state index contributed by atoms with van der Waals surface area (Å²) in [4.78, 5) is 11.3. The fourth-order valence-electron chi connectivity index (χ4n) is 1.95. The van der Waals surface area contributed by atoms with E-state index in [-0.39, 0.29) is 18.2 Å². The van der Waals surface area contributed by atoms with E-state index in [0.717, 1.165) is 32.1 Å². The van der Waals surface area contributed by atoms with Gasteiger partial charge in [0.2, 0.25) is 0 Å². The Bertz CT molecular complexity index is 220. The number of amides is 1. The normalized spacial score (nSPS) is 27.2. The van der Waals surface area contributed by atoms with E-state index in [1.54, 1.807) is 0 Å². The molecule has 1 amide bonds. The third kappa shape index (κ3) is 4.84. The van der Waals surface area contributed by atoms with Crippen molar-refractivity contribution in [1.29, 1.82) is 0 Å². The molecule has 0 aliphatic heterocycles. The van der Waals surface area contributed by atoms with Crippen LogP contribution in [-0.2, 0) is 4.74 Å². The maximum Gasteiger partial charge on any atom is 0.407 e. The Hall–Kier alpha value is -0.770. The average Bonchev–Trinajstić information content (AvgIpc) is 2.26. The summed E-state index contributed by atoms with van der Waals surface area (Å²) in [5, 5.41) is 12.2. The van der Waals surface area contributed by atoms with Crippen molar-refractivity contribution >= 4 is 6.09 Å². The SMILES string of the molecule is CCC(C)NC(=O)OCC1CCCC(O)C1. The molecular weight excluding hydrogens is 206 g/mol. The monoisotopic (exact) mass is 229 g/mol. The molecule has 2 N–H and O–H groups in total. The molecule has 3 unspecified atom stereocenters. The molecule has 1 fully saturated rings. The Balaban J connectivity index is 2.15. The molecule has 4 nitrogen and oxygen atoms in total. The van der Waals surface area contributed by atoms with E-state index in [1.807, 2.05) is 13.8 Å². The summed E-state index contributed by atoms with van der Waals surface area (Å²) in [6.45, 7) is 4.40. The molecule has 1 rings (SSSR count). The first-order valence-corrected chi connectivity index (χ1v) is 6.23. The molecule has 16 heavy (non-hydrogen) atoms. The molecule has 1 saturated carbocycles. The highest BCUT2D eigenvalue weighted by atomic mass is 16.5. The zero-order valence-corrected chi connectivity index (χ0v) is 10.2. The standard InChI is InChI=1S/C12H23NO3/c1-3-9(2)13-12(15)16-8-10-5-4-6-11(14)7-10/h9-11,14H,3-8H2,1-2H3,(H,13,15). The lowest BCUT2D eigenvalue weighted by Crippen LogP contribution is -2.34. The van der Waals surface area contributed by atoms with Crippen molar-refractivity contribution in [2.24, 2.45) is 5.92 Å². The predicted octanol–water partition coefficient (Wildman–Crippen LogP) is 2.06. The molecule has 1 aliphatic carbocycles. The van der Waals surface area contributed by atoms with E-state index in [4.69, 9.17) is 4.74 Å². The Labute approximate surface area is 97.4 Å². The van der Waals surface area contributed by atoms with E-state index in [2.05, 4.69) is 5.32 Å². The molecule has 3 atom stereocenters. The van der Waals surface area contributed by atoms with Gasteiger partial charge in [0.15, 0.2) is 0 Å². The zero-order chi connectivity index (χ0) is 12.0. The van der Waals surface area contributed by atoms with Crippen LogP contribution in [0.3, 0.4) is 0 Å². The summed E-state index contributed by atoms with van der Waals surface area (Å²) >= 11 is 0. The van der Waals surface area contributed by atoms with Gasteiger partial charge in [-0.3, -0.25) is 0 Å². The lowest BCUT2D eigenvalue weighted by Gasteiger charge is -2.25. The molecule has 0 saturated heterocycles. The van der Waals surface area contributed by atoms with Crippen molar-refractivity contribution in [2.45, 2.75) is 58.1 Å². The fourth-order valence-corrected chi connectivity index (χ4v) is 1.95. The predicted molar refractivity (Wildman–Crippen MR) is 62.2 cm³/mol. The minimum absolute atomic E-state index is 0.157. The van der Waals surface area contributed by atoms with Crippen LogP contribution in [0.25, 0.3) is 0 Å². The van der Waals surface area contributed by atoms with Gasteiger partial charge in [-0.25, -0.2) is 4.79 Å². The van der Waals surface area contributed by atoms with Gasteiger partial charge in [-0.2, -0.15) is 0 Å². The number of carbonyl (C=O) groups is 1. The van der Waals surface area contributed by atoms with Crippen LogP contribution in [0.15, 0.2) is 0 Å². The number of aliphatic hydroxyl groups is 1. The summed E-state index contributed by atoms with van der Waals surface area (Å²) in [6.07, 6.45) is 4.08. The Morgan fingerprint density at radius 3 is 2.94 bits per heavy atom. The summed E-state index contributed by atoms with van der Waals surface area (Å²) < 4.78 is 5.14. The number of rotatable bonds is 4. The molecule has 1 aliphatic rings. The van der Waals surface area contributed by atoms with Crippen LogP contribution < -0.4 is 5.32 Å². The molecule has 0 radical (unpaired) electrons. The highest BCUT2D eigenvalue weighted by Crippen LogP contribution is 2.24. The minimum atomic E-state index is -0.339. The second-order valence-electron chi connectivity index (χ2n) is 4.74. The second-order valence-corrected chi connectivity index (χ2v) is 4.74. The summed E-state index contributed by atoms with van der Waals surface area (Å²) in [7, 11) is 0. The summed E-state index contributed by atoms with van der Waals surface area (Å²) in [5.41, 5.74) is 0. The minimum Gasteiger partial charge on any atom is -0.449 e. The molecule has 4 heteroatoms. The van der Waals surface area contributed by atoms with Crippen LogP contribution in [0.4, 0.5) is 4.79 Å². The van der Waals surface area contributed by atoms with Crippen LogP contribution >= 0.6 is 0 Å². The molecule has 0 aromatic carbocycles. The van der Waals surface area contributed by atoms with Gasteiger partial charge in [-0.1, -0.05) is 13.3 Å². The van der Waals surface area contributed by atoms with Crippen LogP contribution in [0.1, 0.15) is 46.0 Å². The third-order valence-electron chi connectivity index (χ3n) is 3.18. The van der Waals surface area contributed by atoms with Gasteiger partial charge in [0.1, 0.15) is 0 Å². The van der Waals surface area contributed by atoms with Crippen molar-refractivity contribution < 1.29 is 14.6 Å². The molecule has 0 spiro atoms. The number of ether oxygens (including phenoxy) is 1. The van der Waals surface area contributed by atoms with E-state index >= 15 is 0 Å². The van der Waals surface area contributed by atoms with Crippen molar-refractivity contribution in [3.8, 4) is 0 Å². The van der Waals surface area contributed by atoms with Gasteiger partial charge < -0.3 is 15.2 Å². The smallest absolute Gasteiger partial charge is 0.407 e. The first-order chi connectivity index (χ1) is 7.61. The summed E-state index contributed by atoms with van der Waals surface area (Å²) in [6, 6.07) is 0.157. The average molecular weight is 229 g/mol. The molecule has 0 heterocycles. The van der Waals surface area contributed by atoms with Crippen molar-refractivity contribution in [1.82, 2.24) is 5.32 Å². The van der Waals surface area contributed by atoms with E-state index in [1.165, 1.54) is 0 Å². The van der Waals surface area contributed by atoms with Crippen LogP contribution in [0, 0.1) is 5.92 Å². The molecular formula is C12H23NO3. The van der Waals surface area contributed by atoms with Crippen molar-refractivity contribution in [2.75, 3.05) is 6.61 Å². The van der Waals surface area contributed by atoms with Gasteiger partial charge in [0, 0.05) is 6.04 Å². The topological polar surface area (TPSA) is 58.6 Å². The Kier molecular flexibility index (Phi) is 5.60. The number of nitrogens with one attached hydrogen (secondary N) is 1. The largest absolute Gasteiger partial charge is 0.449 e. The van der Waals surface area contributed by atoms with Gasteiger partial charge in [-0.05, 0) is 38.5 Å². The van der Waals surface area contributed by atoms with E-state index in [0.29, 0.717) is 12.5 Å². The van der Waals surface area contributed by atoms with Gasteiger partial charge in [-0.15, -0.1) is 0 Å². The number of aliphatic hydroxyl groups excluding tert-OH is 1. The fraction of sp³-hybridized carbons (Fsp3) is 0.917. The number of hydrogen-bond acceptors (Lipinski definition) is 3. The molecule has 0 aromatic heterocycles. The van der Waals surface area contributed by atoms with E-state index < -0.39 is 0 Å². The Morgan fingerprint density at radius 2 is 2.31 bits per heavy atom. The first-order valence-electron chi connectivity index (χ1n) is 6.23. The van der Waals surface area contributed by atoms with Gasteiger partial charge in [0.05, 0.1) is 12.7 Å². The number of carbonyl (C=O) groups excluding carboxylic acids is 1. The van der Waals surface area contributed by atoms with Crippen LogP contribution in [-0.4, -0.2) is 30.0 Å². The molecule has 0 aromatic rings. The van der Waals surface area contributed by atoms with Crippen molar-refractivity contribution in [3.63, 3.8) is 0 Å². The second kappa shape index (κ2) is 6.74. The quantitative estimate of drug-likeness (QED) is 0.775. The van der Waals surface area contributed by atoms with Crippen LogP contribution in [0.2, 0.25) is 0 Å². The maximum absolute atomic E-state index is 11.3. The maximum atomic E-state index is 11.3.